The van der Waals surface area contributed by atoms with Crippen molar-refractivity contribution in [3.8, 4) is 0 Å². The van der Waals surface area contributed by atoms with Gasteiger partial charge in [0.1, 0.15) is 6.54 Å². The highest BCUT2D eigenvalue weighted by atomic mass is 35.5. The summed E-state index contributed by atoms with van der Waals surface area (Å²) in [5.41, 5.74) is -0.179. The van der Waals surface area contributed by atoms with Gasteiger partial charge in [-0.25, -0.2) is 4.79 Å². The van der Waals surface area contributed by atoms with E-state index < -0.39 is 42.5 Å². The maximum Gasteiger partial charge on any atom is 0.325 e. The fraction of sp³-hybridized carbons (Fsp3) is 0.375. The Morgan fingerprint density at radius 1 is 1.08 bits per heavy atom. The first-order valence-electron chi connectivity index (χ1n) is 7.38. The summed E-state index contributed by atoms with van der Waals surface area (Å²) in [6.45, 7) is 4.21. The molecule has 1 aromatic carbocycles. The van der Waals surface area contributed by atoms with E-state index in [1.165, 1.54) is 12.1 Å². The van der Waals surface area contributed by atoms with Gasteiger partial charge in [0.15, 0.2) is 6.61 Å². The number of rotatable bonds is 5. The van der Waals surface area contributed by atoms with E-state index in [2.05, 4.69) is 15.4 Å². The van der Waals surface area contributed by atoms with Crippen molar-refractivity contribution >= 4 is 35.4 Å². The Hall–Kier alpha value is -2.61. The van der Waals surface area contributed by atoms with Gasteiger partial charge < -0.3 is 15.4 Å². The summed E-state index contributed by atoms with van der Waals surface area (Å²) < 4.78 is 4.67. The SMILES string of the molecule is CC(C)(C)NC(=O)NC(=O)COC(=O)CNC(=O)c1ccc(Cl)cc1. The molecule has 0 saturated heterocycles. The molecule has 0 heterocycles. The number of hydrogen-bond donors (Lipinski definition) is 3. The minimum atomic E-state index is -0.811. The highest BCUT2D eigenvalue weighted by molar-refractivity contribution is 6.30. The first kappa shape index (κ1) is 20.4. The molecule has 0 bridgehead atoms. The minimum absolute atomic E-state index is 0.328. The summed E-state index contributed by atoms with van der Waals surface area (Å²) in [6, 6.07) is 5.41. The van der Waals surface area contributed by atoms with Crippen molar-refractivity contribution in [1.29, 1.82) is 0 Å². The number of ether oxygens (including phenoxy) is 1. The third kappa shape index (κ3) is 8.71. The summed E-state index contributed by atoms with van der Waals surface area (Å²) in [4.78, 5) is 46.2. The number of nitrogens with one attached hydrogen (secondary N) is 3. The quantitative estimate of drug-likeness (QED) is 0.676. The molecule has 0 radical (unpaired) electrons. The number of carbonyl (C=O) groups excluding carboxylic acids is 4. The zero-order valence-electron chi connectivity index (χ0n) is 14.1. The van der Waals surface area contributed by atoms with Gasteiger partial charge in [0.05, 0.1) is 0 Å². The second kappa shape index (κ2) is 9.03. The lowest BCUT2D eigenvalue weighted by Crippen LogP contribution is -2.49. The number of halogens is 1. The maximum atomic E-state index is 11.8. The molecule has 1 rings (SSSR count). The van der Waals surface area contributed by atoms with Crippen LogP contribution in [0.15, 0.2) is 24.3 Å². The van der Waals surface area contributed by atoms with Gasteiger partial charge in [-0.1, -0.05) is 11.6 Å². The first-order chi connectivity index (χ1) is 11.6. The van der Waals surface area contributed by atoms with Gasteiger partial charge in [-0.3, -0.25) is 19.7 Å². The van der Waals surface area contributed by atoms with Crippen LogP contribution < -0.4 is 16.0 Å². The monoisotopic (exact) mass is 369 g/mol. The summed E-state index contributed by atoms with van der Waals surface area (Å²) >= 11 is 5.71. The molecule has 25 heavy (non-hydrogen) atoms. The van der Waals surface area contributed by atoms with E-state index in [1.807, 2.05) is 5.32 Å². The summed E-state index contributed by atoms with van der Waals surface area (Å²) in [5.74, 6) is -2.07. The Balaban J connectivity index is 2.30. The second-order valence-electron chi connectivity index (χ2n) is 6.10. The molecule has 1 aromatic rings. The van der Waals surface area contributed by atoms with Gasteiger partial charge in [0.2, 0.25) is 0 Å². The van der Waals surface area contributed by atoms with Crippen LogP contribution in [0.25, 0.3) is 0 Å². The lowest BCUT2D eigenvalue weighted by molar-refractivity contribution is -0.147. The lowest BCUT2D eigenvalue weighted by atomic mass is 10.1. The van der Waals surface area contributed by atoms with Crippen molar-refractivity contribution in [2.24, 2.45) is 0 Å². The molecule has 0 aliphatic rings. The van der Waals surface area contributed by atoms with Crippen LogP contribution in [-0.4, -0.2) is 42.5 Å². The number of urea groups is 1. The van der Waals surface area contributed by atoms with Crippen LogP contribution in [0.5, 0.6) is 0 Å². The fourth-order valence-electron chi connectivity index (χ4n) is 1.59. The highest BCUT2D eigenvalue weighted by Crippen LogP contribution is 2.09. The normalized spacial score (nSPS) is 10.6. The van der Waals surface area contributed by atoms with Crippen LogP contribution in [0, 0.1) is 0 Å². The molecule has 0 atom stereocenters. The molecule has 0 spiro atoms. The van der Waals surface area contributed by atoms with Crippen LogP contribution in [-0.2, 0) is 14.3 Å². The molecule has 0 saturated carbocycles. The Kier molecular flexibility index (Phi) is 7.38. The third-order valence-corrected chi connectivity index (χ3v) is 2.86. The van der Waals surface area contributed by atoms with E-state index in [4.69, 9.17) is 11.6 Å². The Morgan fingerprint density at radius 3 is 2.24 bits per heavy atom. The Morgan fingerprint density at radius 2 is 1.68 bits per heavy atom. The molecule has 0 aliphatic heterocycles. The van der Waals surface area contributed by atoms with E-state index in [0.29, 0.717) is 10.6 Å². The Labute approximate surface area is 150 Å². The second-order valence-corrected chi connectivity index (χ2v) is 6.54. The van der Waals surface area contributed by atoms with Crippen LogP contribution in [0.1, 0.15) is 31.1 Å². The van der Waals surface area contributed by atoms with Gasteiger partial charge in [-0.05, 0) is 45.0 Å². The molecule has 9 heteroatoms. The van der Waals surface area contributed by atoms with Gasteiger partial charge in [0, 0.05) is 16.1 Å². The van der Waals surface area contributed by atoms with E-state index in [1.54, 1.807) is 32.9 Å². The average Bonchev–Trinajstić information content (AvgIpc) is 2.49. The first-order valence-corrected chi connectivity index (χ1v) is 7.76. The smallest absolute Gasteiger partial charge is 0.325 e. The average molecular weight is 370 g/mol. The lowest BCUT2D eigenvalue weighted by Gasteiger charge is -2.20. The third-order valence-electron chi connectivity index (χ3n) is 2.61. The standard InChI is InChI=1S/C16H20ClN3O5/c1-16(2,3)20-15(24)19-12(21)9-25-13(22)8-18-14(23)10-4-6-11(17)7-5-10/h4-7H,8-9H2,1-3H3,(H,18,23)(H2,19,20,21,24). The van der Waals surface area contributed by atoms with Crippen LogP contribution in [0.4, 0.5) is 4.79 Å². The number of carbonyl (C=O) groups is 4. The van der Waals surface area contributed by atoms with Gasteiger partial charge in [-0.2, -0.15) is 0 Å². The number of benzene rings is 1. The van der Waals surface area contributed by atoms with Gasteiger partial charge in [0.25, 0.3) is 11.8 Å². The molecule has 0 unspecified atom stereocenters. The van der Waals surface area contributed by atoms with Gasteiger partial charge >= 0.3 is 12.0 Å². The van der Waals surface area contributed by atoms with E-state index in [0.717, 1.165) is 0 Å². The van der Waals surface area contributed by atoms with Crippen molar-refractivity contribution in [3.05, 3.63) is 34.9 Å². The summed E-state index contributed by atoms with van der Waals surface area (Å²) in [5, 5.41) is 7.37. The molecule has 136 valence electrons. The molecule has 0 fully saturated rings. The van der Waals surface area contributed by atoms with Crippen molar-refractivity contribution in [1.82, 2.24) is 16.0 Å². The molecular weight excluding hydrogens is 350 g/mol. The summed E-state index contributed by atoms with van der Waals surface area (Å²) in [6.07, 6.45) is 0. The number of hydrogen-bond acceptors (Lipinski definition) is 5. The minimum Gasteiger partial charge on any atom is -0.454 e. The molecule has 0 aromatic heterocycles. The van der Waals surface area contributed by atoms with E-state index >= 15 is 0 Å². The van der Waals surface area contributed by atoms with Crippen molar-refractivity contribution in [2.45, 2.75) is 26.3 Å². The van der Waals surface area contributed by atoms with Crippen LogP contribution in [0.3, 0.4) is 0 Å². The number of amides is 4. The predicted molar refractivity (Wildman–Crippen MR) is 91.2 cm³/mol. The maximum absolute atomic E-state index is 11.8. The number of imide groups is 1. The number of esters is 1. The van der Waals surface area contributed by atoms with Crippen molar-refractivity contribution in [2.75, 3.05) is 13.2 Å². The molecule has 3 N–H and O–H groups in total. The van der Waals surface area contributed by atoms with Crippen molar-refractivity contribution < 1.29 is 23.9 Å². The van der Waals surface area contributed by atoms with E-state index in [9.17, 15) is 19.2 Å². The summed E-state index contributed by atoms with van der Waals surface area (Å²) in [7, 11) is 0. The fourth-order valence-corrected chi connectivity index (χ4v) is 1.71. The molecule has 4 amide bonds. The molecule has 8 nitrogen and oxygen atoms in total. The van der Waals surface area contributed by atoms with E-state index in [-0.39, 0.29) is 0 Å². The van der Waals surface area contributed by atoms with Crippen molar-refractivity contribution in [3.63, 3.8) is 0 Å². The topological polar surface area (TPSA) is 114 Å². The van der Waals surface area contributed by atoms with Crippen LogP contribution in [0.2, 0.25) is 5.02 Å². The largest absolute Gasteiger partial charge is 0.454 e. The van der Waals surface area contributed by atoms with Crippen LogP contribution >= 0.6 is 11.6 Å². The predicted octanol–water partition coefficient (Wildman–Crippen LogP) is 1.24. The molecule has 0 aliphatic carbocycles. The van der Waals surface area contributed by atoms with Gasteiger partial charge in [-0.15, -0.1) is 0 Å². The highest BCUT2D eigenvalue weighted by Gasteiger charge is 2.16. The zero-order chi connectivity index (χ0) is 19.0. The zero-order valence-corrected chi connectivity index (χ0v) is 14.9. The molecular formula is C16H20ClN3O5. The Bertz CT molecular complexity index is 653.